The van der Waals surface area contributed by atoms with Gasteiger partial charge in [-0.25, -0.2) is 9.37 Å². The van der Waals surface area contributed by atoms with Crippen molar-refractivity contribution in [3.63, 3.8) is 0 Å². The number of rotatable bonds is 9. The first-order chi connectivity index (χ1) is 18.7. The van der Waals surface area contributed by atoms with Crippen molar-refractivity contribution in [2.45, 2.75) is 51.4 Å². The predicted octanol–water partition coefficient (Wildman–Crippen LogP) is 2.27. The summed E-state index contributed by atoms with van der Waals surface area (Å²) in [5, 5.41) is 20.6. The molecule has 1 aliphatic heterocycles. The zero-order valence-corrected chi connectivity index (χ0v) is 21.5. The van der Waals surface area contributed by atoms with Gasteiger partial charge in [-0.15, -0.1) is 0 Å². The van der Waals surface area contributed by atoms with Crippen molar-refractivity contribution in [3.8, 4) is 0 Å². The number of fused-ring (bicyclic) bond motifs is 1. The molecule has 0 spiro atoms. The maximum absolute atomic E-state index is 15.2. The number of morpholine rings is 1. The molecule has 12 nitrogen and oxygen atoms in total. The molecule has 204 valence electrons. The molecule has 2 aliphatic rings. The Hall–Kier alpha value is -4.39. The summed E-state index contributed by atoms with van der Waals surface area (Å²) in [6.45, 7) is 4.67. The fraction of sp³-hybridized carbons (Fsp3) is 0.385. The minimum Gasteiger partial charge on any atom is -0.372 e. The van der Waals surface area contributed by atoms with Crippen molar-refractivity contribution in [3.05, 3.63) is 47.4 Å². The molecule has 3 aromatic rings. The van der Waals surface area contributed by atoms with Crippen molar-refractivity contribution in [1.29, 1.82) is 5.41 Å². The van der Waals surface area contributed by atoms with Crippen LogP contribution in [-0.2, 0) is 20.7 Å². The van der Waals surface area contributed by atoms with Gasteiger partial charge in [-0.1, -0.05) is 0 Å². The number of benzene rings is 1. The smallest absolute Gasteiger partial charge is 0.271 e. The van der Waals surface area contributed by atoms with E-state index in [2.05, 4.69) is 20.7 Å². The molecule has 13 heteroatoms. The first kappa shape index (κ1) is 26.2. The zero-order chi connectivity index (χ0) is 27.7. The van der Waals surface area contributed by atoms with E-state index in [0.717, 1.165) is 12.8 Å². The van der Waals surface area contributed by atoms with Crippen molar-refractivity contribution < 1.29 is 23.5 Å². The van der Waals surface area contributed by atoms with Crippen molar-refractivity contribution in [2.75, 3.05) is 23.7 Å². The van der Waals surface area contributed by atoms with Gasteiger partial charge in [-0.3, -0.25) is 25.1 Å². The number of carbonyl (C=O) groups is 3. The minimum absolute atomic E-state index is 0.0977. The lowest BCUT2D eigenvalue weighted by Crippen LogP contribution is -2.48. The molecule has 0 radical (unpaired) electrons. The third kappa shape index (κ3) is 5.87. The molecular formula is C26H29FN8O4. The monoisotopic (exact) mass is 536 g/mol. The normalized spacial score (nSPS) is 19.0. The summed E-state index contributed by atoms with van der Waals surface area (Å²) in [4.78, 5) is 41.6. The number of anilines is 3. The van der Waals surface area contributed by atoms with E-state index in [1.807, 2.05) is 19.2 Å². The first-order valence-corrected chi connectivity index (χ1v) is 12.7. The summed E-state index contributed by atoms with van der Waals surface area (Å²) < 4.78 is 22.4. The standard InChI is InChI=1S/C26H29FN8O4/c1-14-11-34(12-15(2)39-14)26(38)16-3-6-21(19(27)7-16)32-22-9-23(31-18-4-5-18)35-24(33-22)17(10-30-35)8-20(28)25(37)29-13-36/h3,6-7,9-10,13-15,18,28,31H,4-5,8,11-12H2,1-2H3,(H,32,33)(H,29,36,37). The van der Waals surface area contributed by atoms with Crippen molar-refractivity contribution in [1.82, 2.24) is 24.8 Å². The van der Waals surface area contributed by atoms with Crippen molar-refractivity contribution in [2.24, 2.45) is 0 Å². The van der Waals surface area contributed by atoms with E-state index >= 15 is 4.39 Å². The lowest BCUT2D eigenvalue weighted by atomic mass is 10.1. The highest BCUT2D eigenvalue weighted by atomic mass is 19.1. The van der Waals surface area contributed by atoms with Gasteiger partial charge in [0.15, 0.2) is 5.65 Å². The Balaban J connectivity index is 1.40. The molecule has 2 aromatic heterocycles. The second kappa shape index (κ2) is 10.8. The van der Waals surface area contributed by atoms with E-state index in [4.69, 9.17) is 10.1 Å². The van der Waals surface area contributed by atoms with Crippen LogP contribution in [0.2, 0.25) is 0 Å². The van der Waals surface area contributed by atoms with E-state index < -0.39 is 11.7 Å². The number of nitrogens with zero attached hydrogens (tertiary/aromatic N) is 4. The minimum atomic E-state index is -0.812. The molecule has 1 saturated heterocycles. The van der Waals surface area contributed by atoms with Gasteiger partial charge in [0.1, 0.15) is 23.2 Å². The second-order valence-electron chi connectivity index (χ2n) is 9.88. The number of amides is 3. The van der Waals surface area contributed by atoms with Crippen LogP contribution in [0.5, 0.6) is 0 Å². The highest BCUT2D eigenvalue weighted by Crippen LogP contribution is 2.29. The molecule has 2 unspecified atom stereocenters. The van der Waals surface area contributed by atoms with Gasteiger partial charge in [0.05, 0.1) is 24.1 Å². The SMILES string of the molecule is CC1CN(C(=O)c2ccc(Nc3cc(NC4CC4)n4ncc(CC(=N)C(=O)NC=O)c4n3)c(F)c2)CC(C)O1. The summed E-state index contributed by atoms with van der Waals surface area (Å²) in [7, 11) is 0. The third-order valence-corrected chi connectivity index (χ3v) is 6.49. The quantitative estimate of drug-likeness (QED) is 0.240. The van der Waals surface area contributed by atoms with Crippen LogP contribution < -0.4 is 16.0 Å². The fourth-order valence-electron chi connectivity index (χ4n) is 4.56. The molecule has 5 rings (SSSR count). The van der Waals surface area contributed by atoms with Gasteiger partial charge in [-0.05, 0) is 44.9 Å². The van der Waals surface area contributed by atoms with Crippen LogP contribution in [0.4, 0.5) is 21.7 Å². The number of halogens is 1. The van der Waals surface area contributed by atoms with E-state index in [0.29, 0.717) is 35.9 Å². The molecule has 1 aromatic carbocycles. The van der Waals surface area contributed by atoms with Crippen LogP contribution in [0.15, 0.2) is 30.5 Å². The number of ether oxygens (including phenoxy) is 1. The Kier molecular flexibility index (Phi) is 7.24. The van der Waals surface area contributed by atoms with E-state index in [-0.39, 0.29) is 54.0 Å². The number of carbonyl (C=O) groups excluding carboxylic acids is 3. The molecule has 0 bridgehead atoms. The van der Waals surface area contributed by atoms with Gasteiger partial charge in [0.2, 0.25) is 6.41 Å². The Morgan fingerprint density at radius 2 is 1.95 bits per heavy atom. The van der Waals surface area contributed by atoms with Crippen LogP contribution in [-0.4, -0.2) is 74.8 Å². The molecular weight excluding hydrogens is 507 g/mol. The molecule has 3 heterocycles. The van der Waals surface area contributed by atoms with Gasteiger partial charge in [0, 0.05) is 42.7 Å². The van der Waals surface area contributed by atoms with Gasteiger partial charge in [-0.2, -0.15) is 9.61 Å². The predicted molar refractivity (Wildman–Crippen MR) is 141 cm³/mol. The van der Waals surface area contributed by atoms with Crippen LogP contribution in [0.3, 0.4) is 0 Å². The Bertz CT molecular complexity index is 1440. The van der Waals surface area contributed by atoms with E-state index in [9.17, 15) is 14.4 Å². The van der Waals surface area contributed by atoms with Gasteiger partial charge >= 0.3 is 0 Å². The first-order valence-electron chi connectivity index (χ1n) is 12.7. The number of nitrogens with one attached hydrogen (secondary N) is 4. The second-order valence-corrected chi connectivity index (χ2v) is 9.88. The van der Waals surface area contributed by atoms with Crippen LogP contribution in [0, 0.1) is 11.2 Å². The number of hydrogen-bond donors (Lipinski definition) is 4. The maximum Gasteiger partial charge on any atom is 0.271 e. The van der Waals surface area contributed by atoms with Crippen molar-refractivity contribution >= 4 is 46.9 Å². The van der Waals surface area contributed by atoms with Gasteiger partial charge < -0.3 is 20.3 Å². The molecule has 2 fully saturated rings. The highest BCUT2D eigenvalue weighted by molar-refractivity contribution is 6.39. The average Bonchev–Trinajstić information content (AvgIpc) is 3.62. The Labute approximate surface area is 223 Å². The van der Waals surface area contributed by atoms with Crippen LogP contribution in [0.1, 0.15) is 42.6 Å². The maximum atomic E-state index is 15.2. The molecule has 4 N–H and O–H groups in total. The molecule has 1 saturated carbocycles. The van der Waals surface area contributed by atoms with Crippen LogP contribution >= 0.6 is 0 Å². The summed E-state index contributed by atoms with van der Waals surface area (Å²) >= 11 is 0. The summed E-state index contributed by atoms with van der Waals surface area (Å²) in [5.74, 6) is -0.766. The van der Waals surface area contributed by atoms with Crippen LogP contribution in [0.25, 0.3) is 5.65 Å². The summed E-state index contributed by atoms with van der Waals surface area (Å²) in [6, 6.07) is 6.24. The van der Waals surface area contributed by atoms with E-state index in [1.165, 1.54) is 18.3 Å². The Morgan fingerprint density at radius 1 is 1.21 bits per heavy atom. The number of aromatic nitrogens is 3. The lowest BCUT2D eigenvalue weighted by Gasteiger charge is -2.35. The summed E-state index contributed by atoms with van der Waals surface area (Å²) in [6.07, 6.45) is 3.43. The Morgan fingerprint density at radius 3 is 2.62 bits per heavy atom. The van der Waals surface area contributed by atoms with Gasteiger partial charge in [0.25, 0.3) is 11.8 Å². The molecule has 1 aliphatic carbocycles. The number of hydrogen-bond acceptors (Lipinski definition) is 9. The highest BCUT2D eigenvalue weighted by Gasteiger charge is 2.27. The molecule has 2 atom stereocenters. The zero-order valence-electron chi connectivity index (χ0n) is 21.5. The largest absolute Gasteiger partial charge is 0.372 e. The average molecular weight is 537 g/mol. The fourth-order valence-corrected chi connectivity index (χ4v) is 4.56. The number of imide groups is 1. The van der Waals surface area contributed by atoms with E-state index in [1.54, 1.807) is 21.5 Å². The molecule has 3 amide bonds. The molecule has 39 heavy (non-hydrogen) atoms. The summed E-state index contributed by atoms with van der Waals surface area (Å²) in [5.41, 5.74) is 0.894. The third-order valence-electron chi connectivity index (χ3n) is 6.49. The topological polar surface area (TPSA) is 154 Å². The lowest BCUT2D eigenvalue weighted by molar-refractivity contribution is -0.120.